The van der Waals surface area contributed by atoms with Crippen molar-refractivity contribution < 1.29 is 33.6 Å². The van der Waals surface area contributed by atoms with E-state index in [4.69, 9.17) is 18.9 Å². The molecular weight excluding hydrogens is 402 g/mol. The summed E-state index contributed by atoms with van der Waals surface area (Å²) in [6.07, 6.45) is -3.03. The molecule has 1 saturated heterocycles. The van der Waals surface area contributed by atoms with Gasteiger partial charge in [-0.2, -0.15) is 0 Å². The first-order valence-corrected chi connectivity index (χ1v) is 9.82. The molecule has 3 rings (SSSR count). The van der Waals surface area contributed by atoms with Crippen LogP contribution >= 0.6 is 0 Å². The number of methoxy groups -OCH3 is 2. The summed E-state index contributed by atoms with van der Waals surface area (Å²) in [7, 11) is 3.01. The van der Waals surface area contributed by atoms with Gasteiger partial charge in [0.05, 0.1) is 14.2 Å². The predicted molar refractivity (Wildman–Crippen MR) is 112 cm³/mol. The van der Waals surface area contributed by atoms with Gasteiger partial charge < -0.3 is 24.1 Å². The van der Waals surface area contributed by atoms with Crippen molar-refractivity contribution in [3.05, 3.63) is 59.7 Å². The summed E-state index contributed by atoms with van der Waals surface area (Å²) < 4.78 is 22.3. The summed E-state index contributed by atoms with van der Waals surface area (Å²) in [6.45, 7) is 5.24. The molecule has 1 N–H and O–H groups in total. The van der Waals surface area contributed by atoms with Crippen LogP contribution in [0.5, 0.6) is 11.5 Å². The maximum absolute atomic E-state index is 13.3. The van der Waals surface area contributed by atoms with E-state index in [0.717, 1.165) is 0 Å². The monoisotopic (exact) mass is 429 g/mol. The molecule has 1 unspecified atom stereocenters. The highest BCUT2D eigenvalue weighted by Crippen LogP contribution is 2.46. The normalized spacial score (nSPS) is 20.9. The summed E-state index contributed by atoms with van der Waals surface area (Å²) in [4.78, 5) is 26.7. The molecule has 2 aromatic rings. The highest BCUT2D eigenvalue weighted by atomic mass is 16.6. The van der Waals surface area contributed by atoms with Crippen molar-refractivity contribution >= 4 is 12.1 Å². The van der Waals surface area contributed by atoms with E-state index in [-0.39, 0.29) is 0 Å². The molecule has 1 amide bonds. The molecule has 1 aliphatic heterocycles. The van der Waals surface area contributed by atoms with E-state index in [1.54, 1.807) is 63.2 Å². The van der Waals surface area contributed by atoms with E-state index in [9.17, 15) is 14.7 Å². The van der Waals surface area contributed by atoms with Crippen molar-refractivity contribution in [3.8, 4) is 11.5 Å². The minimum absolute atomic E-state index is 0.399. The summed E-state index contributed by atoms with van der Waals surface area (Å²) in [5.74, 6) is -0.232. The molecule has 1 fully saturated rings. The van der Waals surface area contributed by atoms with E-state index >= 15 is 0 Å². The number of carbonyl (C=O) groups excluding carboxylic acids is 1. The molecule has 0 aliphatic carbocycles. The molecule has 8 nitrogen and oxygen atoms in total. The SMILES string of the molecule is COc1ccc(C2O[C@@H](C(=O)O)[C@H](c3ccccc3)N2C(=O)OC(C)(C)C)c(OC)c1. The van der Waals surface area contributed by atoms with Gasteiger partial charge in [0.2, 0.25) is 0 Å². The maximum Gasteiger partial charge on any atom is 0.413 e. The van der Waals surface area contributed by atoms with Gasteiger partial charge in [0, 0.05) is 11.6 Å². The molecule has 2 aromatic carbocycles. The Labute approximate surface area is 181 Å². The van der Waals surface area contributed by atoms with Crippen LogP contribution in [-0.4, -0.2) is 48.0 Å². The summed E-state index contributed by atoms with van der Waals surface area (Å²) in [5, 5.41) is 9.90. The number of rotatable bonds is 5. The molecule has 1 aliphatic rings. The Bertz CT molecular complexity index is 939. The van der Waals surface area contributed by atoms with Gasteiger partial charge >= 0.3 is 12.1 Å². The van der Waals surface area contributed by atoms with Gasteiger partial charge in [-0.1, -0.05) is 30.3 Å². The lowest BCUT2D eigenvalue weighted by Crippen LogP contribution is -2.40. The topological polar surface area (TPSA) is 94.5 Å². The quantitative estimate of drug-likeness (QED) is 0.762. The Morgan fingerprint density at radius 1 is 1.03 bits per heavy atom. The van der Waals surface area contributed by atoms with E-state index in [1.807, 2.05) is 6.07 Å². The van der Waals surface area contributed by atoms with Gasteiger partial charge in [0.25, 0.3) is 0 Å². The van der Waals surface area contributed by atoms with Crippen LogP contribution in [0.3, 0.4) is 0 Å². The predicted octanol–water partition coefficient (Wildman–Crippen LogP) is 4.16. The smallest absolute Gasteiger partial charge is 0.413 e. The number of carboxylic acids is 1. The van der Waals surface area contributed by atoms with E-state index in [2.05, 4.69) is 0 Å². The number of carboxylic acid groups (broad SMARTS) is 1. The fourth-order valence-corrected chi connectivity index (χ4v) is 3.52. The lowest BCUT2D eigenvalue weighted by atomic mass is 10.0. The van der Waals surface area contributed by atoms with Crippen LogP contribution in [0.25, 0.3) is 0 Å². The van der Waals surface area contributed by atoms with Crippen molar-refractivity contribution in [1.29, 1.82) is 0 Å². The first kappa shape index (κ1) is 22.4. The Morgan fingerprint density at radius 2 is 1.71 bits per heavy atom. The molecule has 0 radical (unpaired) electrons. The maximum atomic E-state index is 13.3. The van der Waals surface area contributed by atoms with Crippen molar-refractivity contribution in [1.82, 2.24) is 4.90 Å². The molecule has 0 bridgehead atoms. The highest BCUT2D eigenvalue weighted by molar-refractivity contribution is 5.78. The number of benzene rings is 2. The Hall–Kier alpha value is -3.26. The minimum Gasteiger partial charge on any atom is -0.497 e. The zero-order chi connectivity index (χ0) is 22.8. The molecule has 3 atom stereocenters. The third kappa shape index (κ3) is 4.74. The molecule has 166 valence electrons. The number of nitrogens with zero attached hydrogens (tertiary/aromatic N) is 1. The average Bonchev–Trinajstić information content (AvgIpc) is 3.13. The molecule has 31 heavy (non-hydrogen) atoms. The second kappa shape index (κ2) is 8.85. The van der Waals surface area contributed by atoms with Gasteiger partial charge in [0.1, 0.15) is 23.1 Å². The second-order valence-corrected chi connectivity index (χ2v) is 8.10. The third-order valence-corrected chi connectivity index (χ3v) is 4.81. The summed E-state index contributed by atoms with van der Waals surface area (Å²) >= 11 is 0. The van der Waals surface area contributed by atoms with Crippen LogP contribution in [0.2, 0.25) is 0 Å². The standard InChI is InChI=1S/C23H27NO7/c1-23(2,3)31-22(27)24-18(14-9-7-6-8-10-14)19(21(25)26)30-20(24)16-12-11-15(28-4)13-17(16)29-5/h6-13,18-20H,1-5H3,(H,25,26)/t18-,19+,20?/m0/s1. The van der Waals surface area contributed by atoms with Crippen LogP contribution in [0.1, 0.15) is 44.2 Å². The Kier molecular flexibility index (Phi) is 6.40. The first-order valence-electron chi connectivity index (χ1n) is 9.82. The van der Waals surface area contributed by atoms with Crippen LogP contribution in [0.4, 0.5) is 4.79 Å². The molecule has 0 spiro atoms. The molecule has 8 heteroatoms. The first-order chi connectivity index (χ1) is 14.7. The fraction of sp³-hybridized carbons (Fsp3) is 0.391. The Morgan fingerprint density at radius 3 is 2.26 bits per heavy atom. The molecule has 1 heterocycles. The average molecular weight is 429 g/mol. The van der Waals surface area contributed by atoms with E-state index in [0.29, 0.717) is 22.6 Å². The van der Waals surface area contributed by atoms with Crippen molar-refractivity contribution in [2.75, 3.05) is 14.2 Å². The zero-order valence-corrected chi connectivity index (χ0v) is 18.2. The second-order valence-electron chi connectivity index (χ2n) is 8.10. The number of hydrogen-bond acceptors (Lipinski definition) is 6. The van der Waals surface area contributed by atoms with Crippen LogP contribution in [0.15, 0.2) is 48.5 Å². The van der Waals surface area contributed by atoms with Gasteiger partial charge in [0.15, 0.2) is 12.3 Å². The van der Waals surface area contributed by atoms with Gasteiger partial charge in [-0.25, -0.2) is 9.59 Å². The highest BCUT2D eigenvalue weighted by Gasteiger charge is 2.51. The number of carbonyl (C=O) groups is 2. The van der Waals surface area contributed by atoms with E-state index in [1.165, 1.54) is 19.1 Å². The number of amides is 1. The van der Waals surface area contributed by atoms with Crippen molar-refractivity contribution in [2.24, 2.45) is 0 Å². The fourth-order valence-electron chi connectivity index (χ4n) is 3.52. The molecular formula is C23H27NO7. The molecule has 0 saturated carbocycles. The zero-order valence-electron chi connectivity index (χ0n) is 18.2. The lowest BCUT2D eigenvalue weighted by Gasteiger charge is -2.32. The lowest BCUT2D eigenvalue weighted by molar-refractivity contribution is -0.150. The molecule has 0 aromatic heterocycles. The minimum atomic E-state index is -1.30. The van der Waals surface area contributed by atoms with Crippen LogP contribution in [0, 0.1) is 0 Å². The van der Waals surface area contributed by atoms with Crippen LogP contribution < -0.4 is 9.47 Å². The summed E-state index contributed by atoms with van der Waals surface area (Å²) in [5.41, 5.74) is 0.323. The van der Waals surface area contributed by atoms with Crippen molar-refractivity contribution in [3.63, 3.8) is 0 Å². The van der Waals surface area contributed by atoms with Gasteiger partial charge in [-0.3, -0.25) is 4.90 Å². The third-order valence-electron chi connectivity index (χ3n) is 4.81. The summed E-state index contributed by atoms with van der Waals surface area (Å²) in [6, 6.07) is 13.0. The van der Waals surface area contributed by atoms with Crippen molar-refractivity contribution in [2.45, 2.75) is 44.7 Å². The largest absolute Gasteiger partial charge is 0.497 e. The van der Waals surface area contributed by atoms with E-state index < -0.39 is 36.0 Å². The van der Waals surface area contributed by atoms with Gasteiger partial charge in [-0.15, -0.1) is 0 Å². The number of aliphatic carboxylic acids is 1. The number of hydrogen-bond donors (Lipinski definition) is 1. The van der Waals surface area contributed by atoms with Gasteiger partial charge in [-0.05, 0) is 38.5 Å². The Balaban J connectivity index is 2.15. The van der Waals surface area contributed by atoms with Crippen LogP contribution in [-0.2, 0) is 14.3 Å². The number of ether oxygens (including phenoxy) is 4.